The van der Waals surface area contributed by atoms with E-state index in [-0.39, 0.29) is 12.1 Å². The van der Waals surface area contributed by atoms with Crippen molar-refractivity contribution in [1.29, 1.82) is 0 Å². The highest BCUT2D eigenvalue weighted by atomic mass is 35.5. The van der Waals surface area contributed by atoms with Gasteiger partial charge in [0.25, 0.3) is 5.91 Å². The number of hydrogen-bond donors (Lipinski definition) is 1. The van der Waals surface area contributed by atoms with Gasteiger partial charge >= 0.3 is 0 Å². The first-order valence-electron chi connectivity index (χ1n) is 9.64. The molecule has 0 fully saturated rings. The zero-order valence-corrected chi connectivity index (χ0v) is 16.8. The third kappa shape index (κ3) is 3.60. The Labute approximate surface area is 169 Å². The van der Waals surface area contributed by atoms with E-state index in [1.807, 2.05) is 42.5 Å². The number of aromatic nitrogens is 2. The normalized spacial score (nSPS) is 16.2. The lowest BCUT2D eigenvalue weighted by molar-refractivity contribution is 0.0987. The van der Waals surface area contributed by atoms with Gasteiger partial charge in [-0.25, -0.2) is 9.97 Å². The number of halogens is 1. The maximum Gasteiger partial charge on any atom is 0.261 e. The SMILES string of the molecule is CC(C)CCCNC1c2ccccc2C(=O)N1c1ccc2ccc(Cl)nc2n1. The Morgan fingerprint density at radius 1 is 1.11 bits per heavy atom. The monoisotopic (exact) mass is 394 g/mol. The summed E-state index contributed by atoms with van der Waals surface area (Å²) in [5.41, 5.74) is 2.23. The molecule has 4 rings (SSSR count). The minimum absolute atomic E-state index is 0.0502. The molecule has 0 saturated heterocycles. The van der Waals surface area contributed by atoms with Gasteiger partial charge in [0, 0.05) is 16.5 Å². The summed E-state index contributed by atoms with van der Waals surface area (Å²) in [5.74, 6) is 1.18. The van der Waals surface area contributed by atoms with E-state index in [4.69, 9.17) is 11.6 Å². The summed E-state index contributed by atoms with van der Waals surface area (Å²) < 4.78 is 0. The van der Waals surface area contributed by atoms with Gasteiger partial charge in [-0.2, -0.15) is 0 Å². The Balaban J connectivity index is 1.68. The van der Waals surface area contributed by atoms with Crippen molar-refractivity contribution in [2.45, 2.75) is 32.9 Å². The maximum absolute atomic E-state index is 13.2. The molecule has 2 aromatic heterocycles. The zero-order chi connectivity index (χ0) is 19.7. The molecule has 3 heterocycles. The molecule has 6 heteroatoms. The Morgan fingerprint density at radius 2 is 1.89 bits per heavy atom. The van der Waals surface area contributed by atoms with Crippen molar-refractivity contribution in [1.82, 2.24) is 15.3 Å². The molecule has 5 nitrogen and oxygen atoms in total. The van der Waals surface area contributed by atoms with Gasteiger partial charge in [-0.3, -0.25) is 15.0 Å². The van der Waals surface area contributed by atoms with Gasteiger partial charge in [0.1, 0.15) is 17.1 Å². The molecule has 1 amide bonds. The Kier molecular flexibility index (Phi) is 5.29. The maximum atomic E-state index is 13.2. The number of carbonyl (C=O) groups is 1. The number of benzene rings is 1. The molecule has 0 radical (unpaired) electrons. The molecule has 3 aromatic rings. The number of hydrogen-bond acceptors (Lipinski definition) is 4. The van der Waals surface area contributed by atoms with E-state index in [1.54, 1.807) is 11.0 Å². The summed E-state index contributed by atoms with van der Waals surface area (Å²) in [6.07, 6.45) is 1.96. The number of carbonyl (C=O) groups excluding carboxylic acids is 1. The zero-order valence-electron chi connectivity index (χ0n) is 16.0. The predicted octanol–water partition coefficient (Wildman–Crippen LogP) is 4.97. The average Bonchev–Trinajstić information content (AvgIpc) is 2.97. The van der Waals surface area contributed by atoms with Crippen LogP contribution in [0.3, 0.4) is 0 Å². The number of nitrogens with zero attached hydrogens (tertiary/aromatic N) is 3. The van der Waals surface area contributed by atoms with Crippen molar-refractivity contribution in [2.75, 3.05) is 11.4 Å². The molecule has 0 bridgehead atoms. The van der Waals surface area contributed by atoms with Crippen LogP contribution >= 0.6 is 11.6 Å². The fourth-order valence-electron chi connectivity index (χ4n) is 3.60. The van der Waals surface area contributed by atoms with Crippen molar-refractivity contribution in [3.8, 4) is 0 Å². The molecule has 1 aliphatic heterocycles. The van der Waals surface area contributed by atoms with Crippen molar-refractivity contribution >= 4 is 34.4 Å². The molecule has 0 aliphatic carbocycles. The minimum Gasteiger partial charge on any atom is -0.293 e. The minimum atomic E-state index is -0.236. The lowest BCUT2D eigenvalue weighted by atomic mass is 10.1. The van der Waals surface area contributed by atoms with Gasteiger partial charge in [-0.15, -0.1) is 0 Å². The Bertz CT molecular complexity index is 1020. The standard InChI is InChI=1S/C22H23ClN4O/c1-14(2)6-5-13-24-21-16-7-3-4-8-17(16)22(28)27(21)19-12-10-15-9-11-18(23)25-20(15)26-19/h3-4,7-12,14,21,24H,5-6,13H2,1-2H3. The van der Waals surface area contributed by atoms with Crippen molar-refractivity contribution in [3.05, 3.63) is 64.8 Å². The molecular weight excluding hydrogens is 372 g/mol. The first-order valence-corrected chi connectivity index (χ1v) is 10.0. The number of pyridine rings is 2. The van der Waals surface area contributed by atoms with Crippen LogP contribution in [-0.2, 0) is 0 Å². The van der Waals surface area contributed by atoms with Crippen LogP contribution in [0.4, 0.5) is 5.82 Å². The third-order valence-electron chi connectivity index (χ3n) is 5.01. The summed E-state index contributed by atoms with van der Waals surface area (Å²) in [4.78, 5) is 23.8. The van der Waals surface area contributed by atoms with Gasteiger partial charge in [-0.05, 0) is 55.6 Å². The Morgan fingerprint density at radius 3 is 2.71 bits per heavy atom. The molecule has 1 aromatic carbocycles. The topological polar surface area (TPSA) is 58.1 Å². The average molecular weight is 395 g/mol. The van der Waals surface area contributed by atoms with E-state index >= 15 is 0 Å². The highest BCUT2D eigenvalue weighted by molar-refractivity contribution is 6.29. The first-order chi connectivity index (χ1) is 13.5. The number of fused-ring (bicyclic) bond motifs is 2. The van der Waals surface area contributed by atoms with Gasteiger partial charge in [0.2, 0.25) is 0 Å². The van der Waals surface area contributed by atoms with Crippen LogP contribution in [0.2, 0.25) is 5.15 Å². The fraction of sp³-hybridized carbons (Fsp3) is 0.318. The fourth-order valence-corrected chi connectivity index (χ4v) is 3.75. The van der Waals surface area contributed by atoms with E-state index in [2.05, 4.69) is 29.1 Å². The van der Waals surface area contributed by atoms with Crippen molar-refractivity contribution in [3.63, 3.8) is 0 Å². The molecule has 1 N–H and O–H groups in total. The lowest BCUT2D eigenvalue weighted by Gasteiger charge is -2.26. The molecule has 1 aliphatic rings. The molecular formula is C22H23ClN4O. The van der Waals surface area contributed by atoms with Crippen molar-refractivity contribution < 1.29 is 4.79 Å². The number of amides is 1. The second-order valence-corrected chi connectivity index (χ2v) is 7.89. The quantitative estimate of drug-likeness (QED) is 0.473. The highest BCUT2D eigenvalue weighted by Crippen LogP contribution is 2.35. The van der Waals surface area contributed by atoms with E-state index in [0.717, 1.165) is 30.3 Å². The molecule has 0 spiro atoms. The van der Waals surface area contributed by atoms with Crippen LogP contribution in [0.5, 0.6) is 0 Å². The smallest absolute Gasteiger partial charge is 0.261 e. The first kappa shape index (κ1) is 18.8. The number of anilines is 1. The second-order valence-electron chi connectivity index (χ2n) is 7.51. The lowest BCUT2D eigenvalue weighted by Crippen LogP contribution is -2.37. The summed E-state index contributed by atoms with van der Waals surface area (Å²) in [5, 5.41) is 4.82. The molecule has 144 valence electrons. The summed E-state index contributed by atoms with van der Waals surface area (Å²) in [7, 11) is 0. The number of rotatable bonds is 6. The predicted molar refractivity (Wildman–Crippen MR) is 113 cm³/mol. The summed E-state index contributed by atoms with van der Waals surface area (Å²) >= 11 is 6.03. The van der Waals surface area contributed by atoms with E-state index < -0.39 is 0 Å². The van der Waals surface area contributed by atoms with Gasteiger partial charge in [0.15, 0.2) is 5.65 Å². The summed E-state index contributed by atoms with van der Waals surface area (Å²) in [6, 6.07) is 15.1. The number of nitrogens with one attached hydrogen (secondary N) is 1. The largest absolute Gasteiger partial charge is 0.293 e. The third-order valence-corrected chi connectivity index (χ3v) is 5.22. The van der Waals surface area contributed by atoms with Crippen LogP contribution in [0.1, 0.15) is 48.8 Å². The van der Waals surface area contributed by atoms with Gasteiger partial charge in [0.05, 0.1) is 0 Å². The van der Waals surface area contributed by atoms with Crippen LogP contribution in [0, 0.1) is 5.92 Å². The Hall–Kier alpha value is -2.50. The van der Waals surface area contributed by atoms with E-state index in [1.165, 1.54) is 0 Å². The van der Waals surface area contributed by atoms with Crippen molar-refractivity contribution in [2.24, 2.45) is 5.92 Å². The summed E-state index contributed by atoms with van der Waals surface area (Å²) in [6.45, 7) is 5.27. The van der Waals surface area contributed by atoms with Gasteiger partial charge < -0.3 is 0 Å². The van der Waals surface area contributed by atoms with E-state index in [9.17, 15) is 4.79 Å². The molecule has 1 unspecified atom stereocenters. The molecule has 28 heavy (non-hydrogen) atoms. The molecule has 0 saturated carbocycles. The highest BCUT2D eigenvalue weighted by Gasteiger charge is 2.37. The van der Waals surface area contributed by atoms with E-state index in [0.29, 0.717) is 28.1 Å². The van der Waals surface area contributed by atoms with Crippen LogP contribution in [0.25, 0.3) is 11.0 Å². The van der Waals surface area contributed by atoms with Gasteiger partial charge in [-0.1, -0.05) is 43.6 Å². The molecule has 1 atom stereocenters. The van der Waals surface area contributed by atoms with Crippen LogP contribution in [0.15, 0.2) is 48.5 Å². The second kappa shape index (κ2) is 7.86. The van der Waals surface area contributed by atoms with Crippen LogP contribution < -0.4 is 10.2 Å². The van der Waals surface area contributed by atoms with Crippen LogP contribution in [-0.4, -0.2) is 22.4 Å².